The predicted molar refractivity (Wildman–Crippen MR) is 138 cm³/mol. The highest BCUT2D eigenvalue weighted by Crippen LogP contribution is 2.27. The Labute approximate surface area is 208 Å². The minimum Gasteiger partial charge on any atom is -0.497 e. The minimum absolute atomic E-state index is 0.0404. The van der Waals surface area contributed by atoms with Crippen LogP contribution < -0.4 is 15.6 Å². The van der Waals surface area contributed by atoms with Crippen molar-refractivity contribution >= 4 is 51.0 Å². The largest absolute Gasteiger partial charge is 0.497 e. The zero-order valence-corrected chi connectivity index (χ0v) is 19.7. The number of aromatic nitrogens is 3. The Kier molecular flexibility index (Phi) is 6.13. The van der Waals surface area contributed by atoms with Gasteiger partial charge in [0, 0.05) is 34.8 Å². The molecule has 0 aliphatic rings. The topological polar surface area (TPSA) is 132 Å². The minimum atomic E-state index is -0.508. The second-order valence-corrected chi connectivity index (χ2v) is 8.71. The van der Waals surface area contributed by atoms with E-state index in [0.717, 1.165) is 22.7 Å². The number of amides is 1. The Morgan fingerprint density at radius 3 is 2.67 bits per heavy atom. The van der Waals surface area contributed by atoms with Gasteiger partial charge in [0.1, 0.15) is 16.8 Å². The molecule has 0 bridgehead atoms. The molecule has 2 N–H and O–H groups in total. The molecule has 1 amide bonds. The van der Waals surface area contributed by atoms with Crippen LogP contribution in [0.5, 0.6) is 5.75 Å². The van der Waals surface area contributed by atoms with Crippen LogP contribution in [0.1, 0.15) is 0 Å². The van der Waals surface area contributed by atoms with Crippen molar-refractivity contribution in [2.45, 2.75) is 5.16 Å². The number of carbonyl (C=O) groups is 1. The fraction of sp³-hybridized carbons (Fsp3) is 0.0800. The summed E-state index contributed by atoms with van der Waals surface area (Å²) >= 11 is 1.11. The first kappa shape index (κ1) is 23.1. The second-order valence-electron chi connectivity index (χ2n) is 7.77. The van der Waals surface area contributed by atoms with E-state index in [2.05, 4.69) is 10.3 Å². The van der Waals surface area contributed by atoms with Crippen molar-refractivity contribution in [3.8, 4) is 11.4 Å². The first-order valence-electron chi connectivity index (χ1n) is 10.8. The van der Waals surface area contributed by atoms with Crippen LogP contribution in [0.15, 0.2) is 82.7 Å². The average molecular weight is 502 g/mol. The maximum absolute atomic E-state index is 13.6. The Morgan fingerprint density at radius 2 is 1.92 bits per heavy atom. The van der Waals surface area contributed by atoms with Crippen LogP contribution in [0.4, 0.5) is 11.4 Å². The SMILES string of the molecule is COc1cccc(-n2c(SCC(=O)Nc3ccc([N+](=O)[O-])cc3)nc3c([nH]c4ccccc43)c2=O)c1. The number of benzene rings is 3. The normalized spacial score (nSPS) is 11.0. The number of nitro groups is 1. The van der Waals surface area contributed by atoms with E-state index < -0.39 is 4.92 Å². The first-order valence-corrected chi connectivity index (χ1v) is 11.8. The number of anilines is 1. The molecule has 10 nitrogen and oxygen atoms in total. The molecular weight excluding hydrogens is 482 g/mol. The summed E-state index contributed by atoms with van der Waals surface area (Å²) in [7, 11) is 1.54. The highest BCUT2D eigenvalue weighted by atomic mass is 32.2. The van der Waals surface area contributed by atoms with Crippen LogP contribution in [0.2, 0.25) is 0 Å². The third-order valence-electron chi connectivity index (χ3n) is 5.50. The molecule has 0 unspecified atom stereocenters. The first-order chi connectivity index (χ1) is 17.4. The maximum Gasteiger partial charge on any atom is 0.283 e. The average Bonchev–Trinajstić information content (AvgIpc) is 3.27. The van der Waals surface area contributed by atoms with Gasteiger partial charge in [-0.05, 0) is 30.3 Å². The lowest BCUT2D eigenvalue weighted by atomic mass is 10.2. The zero-order chi connectivity index (χ0) is 25.2. The number of ether oxygens (including phenoxy) is 1. The molecule has 2 aromatic heterocycles. The maximum atomic E-state index is 13.6. The van der Waals surface area contributed by atoms with Gasteiger partial charge in [0.25, 0.3) is 11.2 Å². The van der Waals surface area contributed by atoms with Crippen molar-refractivity contribution in [1.29, 1.82) is 0 Å². The fourth-order valence-corrected chi connectivity index (χ4v) is 4.62. The number of hydrogen-bond donors (Lipinski definition) is 2. The fourth-order valence-electron chi connectivity index (χ4n) is 3.81. The van der Waals surface area contributed by atoms with E-state index in [0.29, 0.717) is 33.3 Å². The molecule has 0 radical (unpaired) electrons. The molecule has 0 saturated heterocycles. The second kappa shape index (κ2) is 9.55. The molecule has 5 aromatic rings. The molecule has 2 heterocycles. The van der Waals surface area contributed by atoms with E-state index in [1.807, 2.05) is 24.3 Å². The molecule has 0 saturated carbocycles. The van der Waals surface area contributed by atoms with Gasteiger partial charge in [0.2, 0.25) is 5.91 Å². The summed E-state index contributed by atoms with van der Waals surface area (Å²) in [4.78, 5) is 44.5. The van der Waals surface area contributed by atoms with Gasteiger partial charge in [-0.15, -0.1) is 0 Å². The quantitative estimate of drug-likeness (QED) is 0.145. The number of nitrogens with one attached hydrogen (secondary N) is 2. The highest BCUT2D eigenvalue weighted by Gasteiger charge is 2.18. The number of hydrogen-bond acceptors (Lipinski definition) is 7. The number of thioether (sulfide) groups is 1. The molecule has 3 aromatic carbocycles. The number of nitrogens with zero attached hydrogens (tertiary/aromatic N) is 3. The number of nitro benzene ring substituents is 1. The zero-order valence-electron chi connectivity index (χ0n) is 18.9. The molecular formula is C25H19N5O5S. The number of methoxy groups -OCH3 is 1. The summed E-state index contributed by atoms with van der Waals surface area (Å²) in [5.41, 5.74) is 2.27. The van der Waals surface area contributed by atoms with Crippen LogP contribution in [0, 0.1) is 10.1 Å². The molecule has 5 rings (SSSR count). The van der Waals surface area contributed by atoms with E-state index in [9.17, 15) is 19.7 Å². The summed E-state index contributed by atoms with van der Waals surface area (Å²) in [6.45, 7) is 0. The molecule has 36 heavy (non-hydrogen) atoms. The van der Waals surface area contributed by atoms with Crippen molar-refractivity contribution in [2.24, 2.45) is 0 Å². The van der Waals surface area contributed by atoms with Gasteiger partial charge < -0.3 is 15.0 Å². The lowest BCUT2D eigenvalue weighted by Crippen LogP contribution is -2.23. The Hall–Kier alpha value is -4.64. The van der Waals surface area contributed by atoms with Crippen LogP contribution in [0.3, 0.4) is 0 Å². The van der Waals surface area contributed by atoms with E-state index in [-0.39, 0.29) is 22.9 Å². The third-order valence-corrected chi connectivity index (χ3v) is 6.44. The van der Waals surface area contributed by atoms with Gasteiger partial charge >= 0.3 is 0 Å². The van der Waals surface area contributed by atoms with Crippen molar-refractivity contribution in [2.75, 3.05) is 18.2 Å². The number of carbonyl (C=O) groups excluding carboxylic acids is 1. The van der Waals surface area contributed by atoms with Gasteiger partial charge in [0.15, 0.2) is 5.16 Å². The third kappa shape index (κ3) is 4.39. The Balaban J connectivity index is 1.51. The van der Waals surface area contributed by atoms with Crippen molar-refractivity contribution in [3.05, 3.63) is 93.3 Å². The lowest BCUT2D eigenvalue weighted by Gasteiger charge is -2.13. The smallest absolute Gasteiger partial charge is 0.283 e. The van der Waals surface area contributed by atoms with Crippen LogP contribution in [-0.2, 0) is 4.79 Å². The number of non-ortho nitro benzene ring substituents is 1. The molecule has 0 aliphatic carbocycles. The van der Waals surface area contributed by atoms with E-state index in [4.69, 9.17) is 9.72 Å². The van der Waals surface area contributed by atoms with Gasteiger partial charge in [-0.2, -0.15) is 0 Å². The summed E-state index contributed by atoms with van der Waals surface area (Å²) in [5.74, 6) is 0.184. The van der Waals surface area contributed by atoms with Gasteiger partial charge in [-0.1, -0.05) is 36.0 Å². The van der Waals surface area contributed by atoms with Gasteiger partial charge in [-0.25, -0.2) is 4.98 Å². The van der Waals surface area contributed by atoms with Crippen molar-refractivity contribution in [3.63, 3.8) is 0 Å². The molecule has 11 heteroatoms. The molecule has 0 atom stereocenters. The number of rotatable bonds is 7. The summed E-state index contributed by atoms with van der Waals surface area (Å²) < 4.78 is 6.77. The lowest BCUT2D eigenvalue weighted by molar-refractivity contribution is -0.384. The summed E-state index contributed by atoms with van der Waals surface area (Å²) in [6.07, 6.45) is 0. The summed E-state index contributed by atoms with van der Waals surface area (Å²) in [6, 6.07) is 20.1. The summed E-state index contributed by atoms with van der Waals surface area (Å²) in [5, 5.41) is 14.7. The van der Waals surface area contributed by atoms with Crippen LogP contribution >= 0.6 is 11.8 Å². The standard InChI is InChI=1S/C25H19N5O5S/c1-35-18-6-4-5-17(13-18)29-24(32)23-22(19-7-2-3-8-20(19)27-23)28-25(29)36-14-21(31)26-15-9-11-16(12-10-15)30(33)34/h2-13,27H,14H2,1H3,(H,26,31). The Morgan fingerprint density at radius 1 is 1.14 bits per heavy atom. The van der Waals surface area contributed by atoms with E-state index in [1.54, 1.807) is 31.4 Å². The van der Waals surface area contributed by atoms with Gasteiger partial charge in [-0.3, -0.25) is 24.3 Å². The van der Waals surface area contributed by atoms with Crippen molar-refractivity contribution < 1.29 is 14.5 Å². The van der Waals surface area contributed by atoms with Crippen LogP contribution in [0.25, 0.3) is 27.6 Å². The van der Waals surface area contributed by atoms with E-state index in [1.165, 1.54) is 28.8 Å². The van der Waals surface area contributed by atoms with Crippen LogP contribution in [-0.4, -0.2) is 38.2 Å². The predicted octanol–water partition coefficient (Wildman–Crippen LogP) is 4.51. The monoisotopic (exact) mass is 501 g/mol. The number of H-pyrrole nitrogens is 1. The molecule has 0 spiro atoms. The highest BCUT2D eigenvalue weighted by molar-refractivity contribution is 7.99. The number of fused-ring (bicyclic) bond motifs is 3. The van der Waals surface area contributed by atoms with Gasteiger partial charge in [0.05, 0.1) is 23.5 Å². The number of aromatic amines is 1. The molecule has 0 aliphatic heterocycles. The Bertz CT molecular complexity index is 1680. The van der Waals surface area contributed by atoms with E-state index >= 15 is 0 Å². The number of para-hydroxylation sites is 1. The van der Waals surface area contributed by atoms with Crippen molar-refractivity contribution in [1.82, 2.24) is 14.5 Å². The molecule has 0 fully saturated rings. The molecule has 180 valence electrons.